The second kappa shape index (κ2) is 10.7. The Balaban J connectivity index is 2.15. The van der Waals surface area contributed by atoms with Crippen LogP contribution in [-0.2, 0) is 27.3 Å². The summed E-state index contributed by atoms with van der Waals surface area (Å²) in [5, 5.41) is 7.81. The predicted molar refractivity (Wildman–Crippen MR) is 82.5 cm³/mol. The minimum atomic E-state index is 0.481. The van der Waals surface area contributed by atoms with Crippen molar-refractivity contribution in [3.63, 3.8) is 0 Å². The lowest BCUT2D eigenvalue weighted by Crippen LogP contribution is -2.22. The van der Waals surface area contributed by atoms with Crippen LogP contribution in [0.1, 0.15) is 25.1 Å². The Morgan fingerprint density at radius 1 is 1.14 bits per heavy atom. The van der Waals surface area contributed by atoms with E-state index >= 15 is 0 Å². The van der Waals surface area contributed by atoms with E-state index in [1.165, 1.54) is 11.3 Å². The quantitative estimate of drug-likeness (QED) is 0.591. The van der Waals surface area contributed by atoms with Crippen LogP contribution in [0.5, 0.6) is 0 Å². The Hall–Kier alpha value is -0.950. The monoisotopic (exact) mass is 299 g/mol. The van der Waals surface area contributed by atoms with Crippen molar-refractivity contribution in [3.8, 4) is 0 Å². The molecule has 1 rings (SSSR count). The molecule has 0 fully saturated rings. The van der Waals surface area contributed by atoms with Crippen LogP contribution in [0.25, 0.3) is 0 Å². The molecule has 6 nitrogen and oxygen atoms in total. The van der Waals surface area contributed by atoms with Gasteiger partial charge in [-0.3, -0.25) is 4.68 Å². The largest absolute Gasteiger partial charge is 0.382 e. The van der Waals surface area contributed by atoms with E-state index in [-0.39, 0.29) is 0 Å². The molecule has 0 spiro atoms. The second-order valence-electron chi connectivity index (χ2n) is 5.23. The van der Waals surface area contributed by atoms with Crippen LogP contribution >= 0.6 is 0 Å². The predicted octanol–water partition coefficient (Wildman–Crippen LogP) is 1.37. The highest BCUT2D eigenvalue weighted by molar-refractivity contribution is 5.15. The highest BCUT2D eigenvalue weighted by atomic mass is 16.5. The third-order valence-corrected chi connectivity index (χ3v) is 3.16. The number of hydrogen-bond acceptors (Lipinski definition) is 5. The fraction of sp³-hybridized carbons (Fsp3) is 0.800. The van der Waals surface area contributed by atoms with Crippen molar-refractivity contribution >= 4 is 0 Å². The van der Waals surface area contributed by atoms with Gasteiger partial charge in [-0.1, -0.05) is 13.8 Å². The van der Waals surface area contributed by atoms with Gasteiger partial charge in [-0.2, -0.15) is 5.10 Å². The third kappa shape index (κ3) is 7.57. The number of nitrogens with one attached hydrogen (secondary N) is 1. The lowest BCUT2D eigenvalue weighted by molar-refractivity contribution is 0.0224. The van der Waals surface area contributed by atoms with E-state index in [4.69, 9.17) is 14.2 Å². The summed E-state index contributed by atoms with van der Waals surface area (Å²) in [6.07, 6.45) is 1.93. The molecule has 0 radical (unpaired) electrons. The van der Waals surface area contributed by atoms with Crippen molar-refractivity contribution in [1.82, 2.24) is 15.1 Å². The molecule has 0 bridgehead atoms. The van der Waals surface area contributed by atoms with Gasteiger partial charge in [0.1, 0.15) is 0 Å². The van der Waals surface area contributed by atoms with Crippen LogP contribution < -0.4 is 5.32 Å². The lowest BCUT2D eigenvalue weighted by Gasteiger charge is -2.09. The fourth-order valence-corrected chi connectivity index (χ4v) is 1.81. The van der Waals surface area contributed by atoms with E-state index in [0.29, 0.717) is 39.1 Å². The Morgan fingerprint density at radius 2 is 1.81 bits per heavy atom. The van der Waals surface area contributed by atoms with Crippen LogP contribution in [0.3, 0.4) is 0 Å². The Bertz CT molecular complexity index is 380. The molecule has 122 valence electrons. The van der Waals surface area contributed by atoms with Crippen LogP contribution in [0.4, 0.5) is 0 Å². The van der Waals surface area contributed by atoms with Gasteiger partial charge in [0, 0.05) is 31.0 Å². The maximum Gasteiger partial charge on any atom is 0.0701 e. The number of aromatic nitrogens is 2. The molecular formula is C15H29N3O3. The normalized spacial score (nSPS) is 11.5. The molecular weight excluding hydrogens is 270 g/mol. The number of rotatable bonds is 12. The van der Waals surface area contributed by atoms with Gasteiger partial charge in [0.05, 0.1) is 45.8 Å². The Kier molecular flexibility index (Phi) is 9.25. The molecule has 0 aromatic carbocycles. The molecule has 21 heavy (non-hydrogen) atoms. The second-order valence-corrected chi connectivity index (χ2v) is 5.23. The molecule has 0 amide bonds. The Labute approximate surface area is 127 Å². The summed E-state index contributed by atoms with van der Waals surface area (Å²) < 4.78 is 17.7. The summed E-state index contributed by atoms with van der Waals surface area (Å²) in [4.78, 5) is 0. The van der Waals surface area contributed by atoms with Gasteiger partial charge in [-0.15, -0.1) is 0 Å². The fourth-order valence-electron chi connectivity index (χ4n) is 1.81. The van der Waals surface area contributed by atoms with Crippen LogP contribution in [0, 0.1) is 6.92 Å². The number of methoxy groups -OCH3 is 1. The summed E-state index contributed by atoms with van der Waals surface area (Å²) >= 11 is 0. The molecule has 0 aliphatic heterocycles. The molecule has 0 atom stereocenters. The highest BCUT2D eigenvalue weighted by Crippen LogP contribution is 2.07. The van der Waals surface area contributed by atoms with E-state index < -0.39 is 0 Å². The SMILES string of the molecule is COCCOCCOCCn1ncc(CNC(C)C)c1C. The minimum absolute atomic E-state index is 0.481. The van der Waals surface area contributed by atoms with E-state index in [1.54, 1.807) is 7.11 Å². The van der Waals surface area contributed by atoms with E-state index in [9.17, 15) is 0 Å². The van der Waals surface area contributed by atoms with Crippen LogP contribution in [-0.4, -0.2) is 56.0 Å². The van der Waals surface area contributed by atoms with E-state index in [0.717, 1.165) is 13.1 Å². The van der Waals surface area contributed by atoms with E-state index in [2.05, 4.69) is 31.2 Å². The highest BCUT2D eigenvalue weighted by Gasteiger charge is 2.06. The van der Waals surface area contributed by atoms with Crippen molar-refractivity contribution in [1.29, 1.82) is 0 Å². The first-order valence-electron chi connectivity index (χ1n) is 7.54. The zero-order valence-electron chi connectivity index (χ0n) is 13.7. The standard InChI is InChI=1S/C15H29N3O3/c1-13(2)16-11-15-12-17-18(14(15)3)5-6-20-9-10-21-8-7-19-4/h12-13,16H,5-11H2,1-4H3. The summed E-state index contributed by atoms with van der Waals surface area (Å²) in [5.74, 6) is 0. The van der Waals surface area contributed by atoms with Gasteiger partial charge in [-0.05, 0) is 6.92 Å². The average Bonchev–Trinajstić information content (AvgIpc) is 2.80. The number of hydrogen-bond donors (Lipinski definition) is 1. The maximum atomic E-state index is 5.54. The van der Waals surface area contributed by atoms with Crippen LogP contribution in [0.2, 0.25) is 0 Å². The first kappa shape index (κ1) is 18.1. The average molecular weight is 299 g/mol. The van der Waals surface area contributed by atoms with Crippen molar-refractivity contribution < 1.29 is 14.2 Å². The first-order chi connectivity index (χ1) is 10.1. The summed E-state index contributed by atoms with van der Waals surface area (Å²) in [7, 11) is 1.66. The smallest absolute Gasteiger partial charge is 0.0701 e. The lowest BCUT2D eigenvalue weighted by atomic mass is 10.2. The van der Waals surface area contributed by atoms with Crippen molar-refractivity contribution in [2.75, 3.05) is 40.1 Å². The molecule has 0 saturated heterocycles. The van der Waals surface area contributed by atoms with Crippen LogP contribution in [0.15, 0.2) is 6.20 Å². The van der Waals surface area contributed by atoms with Crippen molar-refractivity contribution in [2.45, 2.75) is 39.9 Å². The van der Waals surface area contributed by atoms with Crippen molar-refractivity contribution in [2.24, 2.45) is 0 Å². The van der Waals surface area contributed by atoms with Gasteiger partial charge in [0.25, 0.3) is 0 Å². The number of nitrogens with zero attached hydrogens (tertiary/aromatic N) is 2. The summed E-state index contributed by atoms with van der Waals surface area (Å²) in [6.45, 7) is 11.1. The van der Waals surface area contributed by atoms with Gasteiger partial charge in [0.15, 0.2) is 0 Å². The van der Waals surface area contributed by atoms with Gasteiger partial charge >= 0.3 is 0 Å². The molecule has 0 aliphatic carbocycles. The van der Waals surface area contributed by atoms with Gasteiger partial charge in [-0.25, -0.2) is 0 Å². The molecule has 1 N–H and O–H groups in total. The third-order valence-electron chi connectivity index (χ3n) is 3.16. The Morgan fingerprint density at radius 3 is 2.48 bits per heavy atom. The van der Waals surface area contributed by atoms with E-state index in [1.807, 2.05) is 10.9 Å². The molecule has 1 heterocycles. The molecule has 0 unspecified atom stereocenters. The molecule has 1 aromatic heterocycles. The summed E-state index contributed by atoms with van der Waals surface area (Å²) in [5.41, 5.74) is 2.44. The zero-order chi connectivity index (χ0) is 15.5. The molecule has 0 aliphatic rings. The van der Waals surface area contributed by atoms with Gasteiger partial charge < -0.3 is 19.5 Å². The van der Waals surface area contributed by atoms with Crippen molar-refractivity contribution in [3.05, 3.63) is 17.5 Å². The maximum absolute atomic E-state index is 5.54. The molecule has 1 aromatic rings. The summed E-state index contributed by atoms with van der Waals surface area (Å²) in [6, 6.07) is 0.481. The topological polar surface area (TPSA) is 57.5 Å². The van der Waals surface area contributed by atoms with Gasteiger partial charge in [0.2, 0.25) is 0 Å². The molecule has 0 saturated carbocycles. The minimum Gasteiger partial charge on any atom is -0.382 e. The molecule has 6 heteroatoms. The number of ether oxygens (including phenoxy) is 3. The zero-order valence-corrected chi connectivity index (χ0v) is 13.7. The first-order valence-corrected chi connectivity index (χ1v) is 7.54.